The topological polar surface area (TPSA) is 21.3 Å². The largest absolute Gasteiger partial charge is 0.372 e. The standard InChI is InChI=1S/C15H21NO/c1-2-4-13(5-3-1)14-6-8-15(9-7-14)12-16-10-11-17-15/h1-5,14,16H,6-12H2. The molecule has 1 heterocycles. The fraction of sp³-hybridized carbons (Fsp3) is 0.600. The maximum absolute atomic E-state index is 6.03. The van der Waals surface area contributed by atoms with Gasteiger partial charge < -0.3 is 10.1 Å². The molecule has 2 fully saturated rings. The third-order valence-electron chi connectivity index (χ3n) is 4.30. The molecule has 1 saturated carbocycles. The quantitative estimate of drug-likeness (QED) is 0.802. The molecule has 0 bridgehead atoms. The number of rotatable bonds is 1. The molecule has 1 aliphatic heterocycles. The van der Waals surface area contributed by atoms with E-state index in [1.54, 1.807) is 0 Å². The Labute approximate surface area is 103 Å². The fourth-order valence-electron chi connectivity index (χ4n) is 3.23. The smallest absolute Gasteiger partial charge is 0.0807 e. The molecular formula is C15H21NO. The molecule has 2 nitrogen and oxygen atoms in total. The molecule has 2 aliphatic rings. The van der Waals surface area contributed by atoms with Gasteiger partial charge in [0, 0.05) is 13.1 Å². The van der Waals surface area contributed by atoms with Gasteiger partial charge in [0.1, 0.15) is 0 Å². The van der Waals surface area contributed by atoms with Crippen molar-refractivity contribution in [1.29, 1.82) is 0 Å². The number of nitrogens with one attached hydrogen (secondary N) is 1. The highest BCUT2D eigenvalue weighted by molar-refractivity contribution is 5.20. The Kier molecular flexibility index (Phi) is 3.17. The molecule has 2 heteroatoms. The zero-order chi connectivity index (χ0) is 11.6. The summed E-state index contributed by atoms with van der Waals surface area (Å²) in [7, 11) is 0. The summed E-state index contributed by atoms with van der Waals surface area (Å²) >= 11 is 0. The van der Waals surface area contributed by atoms with E-state index in [0.29, 0.717) is 0 Å². The molecule has 0 aromatic heterocycles. The lowest BCUT2D eigenvalue weighted by Crippen LogP contribution is -2.51. The van der Waals surface area contributed by atoms with Crippen molar-refractivity contribution in [2.75, 3.05) is 19.7 Å². The van der Waals surface area contributed by atoms with Crippen molar-refractivity contribution < 1.29 is 4.74 Å². The van der Waals surface area contributed by atoms with E-state index >= 15 is 0 Å². The summed E-state index contributed by atoms with van der Waals surface area (Å²) in [5, 5.41) is 3.47. The second-order valence-electron chi connectivity index (χ2n) is 5.39. The molecule has 0 atom stereocenters. The zero-order valence-corrected chi connectivity index (χ0v) is 10.3. The van der Waals surface area contributed by atoms with Crippen molar-refractivity contribution in [3.8, 4) is 0 Å². The van der Waals surface area contributed by atoms with Crippen LogP contribution in [0.25, 0.3) is 0 Å². The average molecular weight is 231 g/mol. The van der Waals surface area contributed by atoms with Crippen LogP contribution in [0.1, 0.15) is 37.2 Å². The van der Waals surface area contributed by atoms with E-state index in [-0.39, 0.29) is 5.60 Å². The van der Waals surface area contributed by atoms with Gasteiger partial charge in [-0.2, -0.15) is 0 Å². The van der Waals surface area contributed by atoms with Crippen LogP contribution >= 0.6 is 0 Å². The molecule has 1 spiro atoms. The van der Waals surface area contributed by atoms with Gasteiger partial charge in [-0.3, -0.25) is 0 Å². The predicted molar refractivity (Wildman–Crippen MR) is 69.2 cm³/mol. The van der Waals surface area contributed by atoms with Gasteiger partial charge in [0.2, 0.25) is 0 Å². The molecule has 0 radical (unpaired) electrons. The highest BCUT2D eigenvalue weighted by Gasteiger charge is 2.37. The monoisotopic (exact) mass is 231 g/mol. The van der Waals surface area contributed by atoms with Gasteiger partial charge in [-0.05, 0) is 37.2 Å². The van der Waals surface area contributed by atoms with Gasteiger partial charge in [-0.25, -0.2) is 0 Å². The number of morpholine rings is 1. The van der Waals surface area contributed by atoms with Crippen molar-refractivity contribution in [2.45, 2.75) is 37.2 Å². The minimum absolute atomic E-state index is 0.156. The molecule has 1 saturated heterocycles. The van der Waals surface area contributed by atoms with E-state index in [1.165, 1.54) is 31.2 Å². The maximum atomic E-state index is 6.03. The summed E-state index contributed by atoms with van der Waals surface area (Å²) in [6, 6.07) is 10.9. The summed E-state index contributed by atoms with van der Waals surface area (Å²) in [4.78, 5) is 0. The van der Waals surface area contributed by atoms with Gasteiger partial charge >= 0.3 is 0 Å². The average Bonchev–Trinajstić information content (AvgIpc) is 2.42. The molecule has 0 unspecified atom stereocenters. The van der Waals surface area contributed by atoms with E-state index in [0.717, 1.165) is 25.6 Å². The highest BCUT2D eigenvalue weighted by Crippen LogP contribution is 2.40. The molecule has 3 rings (SSSR count). The molecule has 1 aromatic rings. The van der Waals surface area contributed by atoms with E-state index in [9.17, 15) is 0 Å². The number of benzene rings is 1. The summed E-state index contributed by atoms with van der Waals surface area (Å²) in [6.45, 7) is 2.95. The first-order valence-corrected chi connectivity index (χ1v) is 6.78. The van der Waals surface area contributed by atoms with Gasteiger partial charge in [-0.15, -0.1) is 0 Å². The van der Waals surface area contributed by atoms with Crippen LogP contribution in [0.4, 0.5) is 0 Å². The molecule has 0 amide bonds. The number of hydrogen-bond acceptors (Lipinski definition) is 2. The third-order valence-corrected chi connectivity index (χ3v) is 4.30. The summed E-state index contributed by atoms with van der Waals surface area (Å²) in [5.74, 6) is 0.743. The summed E-state index contributed by atoms with van der Waals surface area (Å²) < 4.78 is 6.03. The maximum Gasteiger partial charge on any atom is 0.0807 e. The SMILES string of the molecule is c1ccc(C2CCC3(CC2)CNCCO3)cc1. The third kappa shape index (κ3) is 2.38. The van der Waals surface area contributed by atoms with Gasteiger partial charge in [-0.1, -0.05) is 30.3 Å². The zero-order valence-electron chi connectivity index (χ0n) is 10.3. The van der Waals surface area contributed by atoms with Crippen molar-refractivity contribution in [3.63, 3.8) is 0 Å². The van der Waals surface area contributed by atoms with Crippen LogP contribution in [-0.2, 0) is 4.74 Å². The number of ether oxygens (including phenoxy) is 1. The molecular weight excluding hydrogens is 210 g/mol. The summed E-state index contributed by atoms with van der Waals surface area (Å²) in [6.07, 6.45) is 4.95. The fourth-order valence-corrected chi connectivity index (χ4v) is 3.23. The van der Waals surface area contributed by atoms with Crippen molar-refractivity contribution in [3.05, 3.63) is 35.9 Å². The Balaban J connectivity index is 1.64. The van der Waals surface area contributed by atoms with Crippen LogP contribution in [0, 0.1) is 0 Å². The normalized spacial score (nSPS) is 33.8. The van der Waals surface area contributed by atoms with E-state index in [2.05, 4.69) is 35.6 Å². The van der Waals surface area contributed by atoms with Crippen LogP contribution in [0.2, 0.25) is 0 Å². The second kappa shape index (κ2) is 4.79. The van der Waals surface area contributed by atoms with E-state index in [1.807, 2.05) is 0 Å². The van der Waals surface area contributed by atoms with Crippen LogP contribution in [-0.4, -0.2) is 25.3 Å². The van der Waals surface area contributed by atoms with Crippen LogP contribution < -0.4 is 5.32 Å². The minimum atomic E-state index is 0.156. The minimum Gasteiger partial charge on any atom is -0.372 e. The lowest BCUT2D eigenvalue weighted by molar-refractivity contribution is -0.0901. The van der Waals surface area contributed by atoms with E-state index in [4.69, 9.17) is 4.74 Å². The van der Waals surface area contributed by atoms with Crippen LogP contribution in [0.5, 0.6) is 0 Å². The lowest BCUT2D eigenvalue weighted by atomic mass is 9.75. The number of hydrogen-bond donors (Lipinski definition) is 1. The van der Waals surface area contributed by atoms with Crippen molar-refractivity contribution >= 4 is 0 Å². The van der Waals surface area contributed by atoms with Crippen molar-refractivity contribution in [1.82, 2.24) is 5.32 Å². The molecule has 1 aliphatic carbocycles. The Morgan fingerprint density at radius 3 is 2.53 bits per heavy atom. The first-order valence-electron chi connectivity index (χ1n) is 6.78. The van der Waals surface area contributed by atoms with E-state index < -0.39 is 0 Å². The Morgan fingerprint density at radius 2 is 1.88 bits per heavy atom. The van der Waals surface area contributed by atoms with Gasteiger partial charge in [0.15, 0.2) is 0 Å². The highest BCUT2D eigenvalue weighted by atomic mass is 16.5. The van der Waals surface area contributed by atoms with Crippen LogP contribution in [0.15, 0.2) is 30.3 Å². The molecule has 17 heavy (non-hydrogen) atoms. The van der Waals surface area contributed by atoms with Gasteiger partial charge in [0.05, 0.1) is 12.2 Å². The Hall–Kier alpha value is -0.860. The molecule has 92 valence electrons. The first kappa shape index (κ1) is 11.2. The molecule has 1 N–H and O–H groups in total. The Morgan fingerprint density at radius 1 is 1.12 bits per heavy atom. The van der Waals surface area contributed by atoms with Crippen LogP contribution in [0.3, 0.4) is 0 Å². The summed E-state index contributed by atoms with van der Waals surface area (Å²) in [5.41, 5.74) is 1.66. The van der Waals surface area contributed by atoms with Gasteiger partial charge in [0.25, 0.3) is 0 Å². The first-order chi connectivity index (χ1) is 8.38. The second-order valence-corrected chi connectivity index (χ2v) is 5.39. The van der Waals surface area contributed by atoms with Crippen molar-refractivity contribution in [2.24, 2.45) is 0 Å². The lowest BCUT2D eigenvalue weighted by Gasteiger charge is -2.43. The Bertz CT molecular complexity index is 346. The molecule has 1 aromatic carbocycles. The predicted octanol–water partition coefficient (Wildman–Crippen LogP) is 2.70.